The number of fused-ring (bicyclic) bond motifs is 3. The number of hydrogen-bond donors (Lipinski definition) is 0. The number of nitrogens with zero attached hydrogens (tertiary/aromatic N) is 1. The van der Waals surface area contributed by atoms with Crippen LogP contribution in [0.15, 0.2) is 66.9 Å². The van der Waals surface area contributed by atoms with Gasteiger partial charge in [-0.3, -0.25) is 0 Å². The maximum absolute atomic E-state index is 2.61. The average Bonchev–Trinajstić information content (AvgIpc) is 2.81. The molecule has 0 N–H and O–H groups in total. The molecule has 1 heteroatoms. The van der Waals surface area contributed by atoms with E-state index in [2.05, 4.69) is 99.1 Å². The third-order valence-electron chi connectivity index (χ3n) is 7.07. The quantitative estimate of drug-likeness (QED) is 0.354. The van der Waals surface area contributed by atoms with Crippen LogP contribution in [0.25, 0.3) is 22.4 Å². The monoisotopic (exact) mass is 398 g/mol. The molecule has 3 aromatic rings. The van der Waals surface area contributed by atoms with Crippen LogP contribution in [0.2, 0.25) is 0 Å². The summed E-state index contributed by atoms with van der Waals surface area (Å²) in [6.07, 6.45) is 8.60. The van der Waals surface area contributed by atoms with Crippen molar-refractivity contribution >= 4 is 0 Å². The zero-order valence-corrected chi connectivity index (χ0v) is 19.1. The van der Waals surface area contributed by atoms with Crippen LogP contribution in [0.1, 0.15) is 88.8 Å². The van der Waals surface area contributed by atoms with E-state index < -0.39 is 0 Å². The predicted octanol–water partition coefficient (Wildman–Crippen LogP) is 8.06. The van der Waals surface area contributed by atoms with Crippen LogP contribution >= 0.6 is 0 Å². The van der Waals surface area contributed by atoms with Crippen LogP contribution in [0.3, 0.4) is 0 Å². The lowest BCUT2D eigenvalue weighted by atomic mass is 9.79. The molecule has 30 heavy (non-hydrogen) atoms. The molecule has 0 amide bonds. The van der Waals surface area contributed by atoms with E-state index in [9.17, 15) is 0 Å². The Morgan fingerprint density at radius 3 is 2.30 bits per heavy atom. The second-order valence-electron chi connectivity index (χ2n) is 8.92. The summed E-state index contributed by atoms with van der Waals surface area (Å²) in [5, 5.41) is 0. The van der Waals surface area contributed by atoms with Gasteiger partial charge in [0.25, 0.3) is 0 Å². The van der Waals surface area contributed by atoms with Gasteiger partial charge in [-0.1, -0.05) is 89.1 Å². The largest absolute Gasteiger partial charge is 0.213 e. The number of benzene rings is 2. The molecule has 1 nitrogen and oxygen atoms in total. The van der Waals surface area contributed by atoms with Crippen LogP contribution < -0.4 is 4.57 Å². The maximum Gasteiger partial charge on any atom is 0.213 e. The van der Waals surface area contributed by atoms with Gasteiger partial charge in [0.15, 0.2) is 12.2 Å². The lowest BCUT2D eigenvalue weighted by molar-refractivity contribution is -0.718. The van der Waals surface area contributed by atoms with Crippen LogP contribution in [-0.2, 0) is 0 Å². The van der Waals surface area contributed by atoms with Crippen molar-refractivity contribution in [1.29, 1.82) is 0 Å². The fourth-order valence-corrected chi connectivity index (χ4v) is 5.43. The van der Waals surface area contributed by atoms with Crippen molar-refractivity contribution in [3.05, 3.63) is 78.0 Å². The Hall–Kier alpha value is -2.41. The Kier molecular flexibility index (Phi) is 6.37. The zero-order valence-electron chi connectivity index (χ0n) is 19.1. The minimum absolute atomic E-state index is 0.516. The minimum atomic E-state index is 0.516. The molecule has 0 bridgehead atoms. The summed E-state index contributed by atoms with van der Waals surface area (Å²) in [6, 6.07) is 23.1. The molecule has 0 radical (unpaired) electrons. The van der Waals surface area contributed by atoms with Crippen molar-refractivity contribution in [3.63, 3.8) is 0 Å². The number of hydrogen-bond acceptors (Lipinski definition) is 0. The van der Waals surface area contributed by atoms with E-state index in [0.717, 1.165) is 6.42 Å². The van der Waals surface area contributed by atoms with E-state index in [-0.39, 0.29) is 0 Å². The van der Waals surface area contributed by atoms with Crippen LogP contribution in [0.4, 0.5) is 0 Å². The van der Waals surface area contributed by atoms with Crippen molar-refractivity contribution in [2.45, 2.75) is 77.7 Å². The van der Waals surface area contributed by atoms with Crippen molar-refractivity contribution in [2.24, 2.45) is 0 Å². The molecule has 2 aromatic carbocycles. The summed E-state index contributed by atoms with van der Waals surface area (Å²) in [5.74, 6) is 1.14. The normalized spacial score (nSPS) is 18.5. The van der Waals surface area contributed by atoms with Gasteiger partial charge >= 0.3 is 0 Å². The van der Waals surface area contributed by atoms with Crippen molar-refractivity contribution in [2.75, 3.05) is 0 Å². The molecule has 1 aliphatic heterocycles. The minimum Gasteiger partial charge on any atom is -0.194 e. The summed E-state index contributed by atoms with van der Waals surface area (Å²) >= 11 is 0. The van der Waals surface area contributed by atoms with Crippen molar-refractivity contribution in [3.8, 4) is 22.4 Å². The van der Waals surface area contributed by atoms with E-state index >= 15 is 0 Å². The van der Waals surface area contributed by atoms with Gasteiger partial charge in [-0.2, -0.15) is 4.57 Å². The fraction of sp³-hybridized carbons (Fsp3) is 0.414. The summed E-state index contributed by atoms with van der Waals surface area (Å²) in [5.41, 5.74) is 8.62. The second-order valence-corrected chi connectivity index (χ2v) is 8.92. The Morgan fingerprint density at radius 2 is 1.60 bits per heavy atom. The smallest absolute Gasteiger partial charge is 0.194 e. The lowest BCUT2D eigenvalue weighted by Crippen LogP contribution is -2.47. The standard InChI is InChI=1S/C29H36N/c1-5-8-14-21(4)26-19-29-25-18-13-12-17-24(25)23(6-2)28(7-3)30(29)20-27(26)22-15-10-9-11-16-22/h9-13,15-21,23,28H,5-8,14H2,1-4H3/q+1. The average molecular weight is 399 g/mol. The molecular formula is C29H36N+. The van der Waals surface area contributed by atoms with Gasteiger partial charge in [0.05, 0.1) is 0 Å². The summed E-state index contributed by atoms with van der Waals surface area (Å²) in [7, 11) is 0. The molecule has 3 unspecified atom stereocenters. The third-order valence-corrected chi connectivity index (χ3v) is 7.07. The van der Waals surface area contributed by atoms with E-state index in [1.54, 1.807) is 0 Å². The Labute approximate surface area is 182 Å². The highest BCUT2D eigenvalue weighted by molar-refractivity contribution is 5.71. The van der Waals surface area contributed by atoms with Gasteiger partial charge < -0.3 is 0 Å². The second kappa shape index (κ2) is 9.16. The van der Waals surface area contributed by atoms with E-state index in [1.807, 2.05) is 0 Å². The van der Waals surface area contributed by atoms with Crippen molar-refractivity contribution < 1.29 is 4.57 Å². The van der Waals surface area contributed by atoms with Crippen LogP contribution in [-0.4, -0.2) is 0 Å². The molecule has 0 saturated carbocycles. The first-order valence-corrected chi connectivity index (χ1v) is 11.9. The number of unbranched alkanes of at least 4 members (excludes halogenated alkanes) is 1. The van der Waals surface area contributed by atoms with E-state index in [1.165, 1.54) is 59.2 Å². The number of rotatable bonds is 7. The van der Waals surface area contributed by atoms with Crippen LogP contribution in [0.5, 0.6) is 0 Å². The Balaban J connectivity index is 1.96. The highest BCUT2D eigenvalue weighted by Gasteiger charge is 2.39. The molecule has 1 aliphatic rings. The molecule has 2 heterocycles. The third kappa shape index (κ3) is 3.71. The van der Waals surface area contributed by atoms with Gasteiger partial charge in [-0.25, -0.2) is 0 Å². The SMILES string of the molecule is CCCCC(C)c1cc2[n+](cc1-c1ccccc1)C(CC)C(CC)c1ccccc1-2. The summed E-state index contributed by atoms with van der Waals surface area (Å²) < 4.78 is 2.61. The molecular weight excluding hydrogens is 362 g/mol. The van der Waals surface area contributed by atoms with Gasteiger partial charge in [-0.05, 0) is 41.5 Å². The number of pyridine rings is 1. The van der Waals surface area contributed by atoms with Gasteiger partial charge in [0, 0.05) is 29.5 Å². The Morgan fingerprint density at radius 1 is 0.867 bits per heavy atom. The molecule has 0 aliphatic carbocycles. The van der Waals surface area contributed by atoms with Crippen molar-refractivity contribution in [1.82, 2.24) is 0 Å². The maximum atomic E-state index is 2.61. The molecule has 1 aromatic heterocycles. The van der Waals surface area contributed by atoms with Gasteiger partial charge in [0.2, 0.25) is 5.69 Å². The van der Waals surface area contributed by atoms with E-state index in [0.29, 0.717) is 17.9 Å². The highest BCUT2D eigenvalue weighted by Crippen LogP contribution is 2.43. The topological polar surface area (TPSA) is 3.88 Å². The molecule has 0 fully saturated rings. The molecule has 4 rings (SSSR count). The van der Waals surface area contributed by atoms with Gasteiger partial charge in [0.1, 0.15) is 0 Å². The highest BCUT2D eigenvalue weighted by atomic mass is 15.0. The Bertz CT molecular complexity index is 989. The lowest BCUT2D eigenvalue weighted by Gasteiger charge is -2.30. The molecule has 3 atom stereocenters. The van der Waals surface area contributed by atoms with Crippen LogP contribution in [0, 0.1) is 0 Å². The van der Waals surface area contributed by atoms with Gasteiger partial charge in [-0.15, -0.1) is 0 Å². The first kappa shape index (κ1) is 20.8. The molecule has 0 saturated heterocycles. The predicted molar refractivity (Wildman–Crippen MR) is 128 cm³/mol. The number of aromatic nitrogens is 1. The summed E-state index contributed by atoms with van der Waals surface area (Å²) in [6.45, 7) is 9.39. The first-order chi connectivity index (χ1) is 14.7. The molecule has 0 spiro atoms. The summed E-state index contributed by atoms with van der Waals surface area (Å²) in [4.78, 5) is 0. The zero-order chi connectivity index (χ0) is 21.1. The first-order valence-electron chi connectivity index (χ1n) is 11.9. The van der Waals surface area contributed by atoms with E-state index in [4.69, 9.17) is 0 Å². The fourth-order valence-electron chi connectivity index (χ4n) is 5.43. The molecule has 156 valence electrons.